The van der Waals surface area contributed by atoms with Crippen LogP contribution in [0.15, 0.2) is 24.3 Å². The van der Waals surface area contributed by atoms with E-state index in [0.717, 1.165) is 40.7 Å². The Hall–Kier alpha value is -2.29. The summed E-state index contributed by atoms with van der Waals surface area (Å²) in [6.45, 7) is 8.43. The molecule has 0 amide bonds. The van der Waals surface area contributed by atoms with Crippen LogP contribution in [0.4, 0.5) is 0 Å². The van der Waals surface area contributed by atoms with Crippen molar-refractivity contribution in [3.05, 3.63) is 52.1 Å². The maximum Gasteiger partial charge on any atom is 0.339 e. The monoisotopic (exact) mass is 324 g/mol. The highest BCUT2D eigenvalue weighted by Crippen LogP contribution is 2.48. The standard InChI is InChI=1S/C21H24O3/c1-5-6-13-10-14-11-21(3,4)16-8-7-12(2)9-15(16)17(14)19(22)18(13)20(23)24/h7-10,22H,5-6,11H2,1-4H3,(H,23,24). The van der Waals surface area contributed by atoms with Gasteiger partial charge in [-0.15, -0.1) is 0 Å². The van der Waals surface area contributed by atoms with Gasteiger partial charge in [-0.3, -0.25) is 0 Å². The number of benzene rings is 2. The van der Waals surface area contributed by atoms with Crippen molar-refractivity contribution in [3.8, 4) is 16.9 Å². The minimum atomic E-state index is -1.06. The number of aromatic carboxylic acids is 1. The molecule has 0 heterocycles. The van der Waals surface area contributed by atoms with E-state index in [1.54, 1.807) is 0 Å². The number of hydrogen-bond donors (Lipinski definition) is 2. The van der Waals surface area contributed by atoms with Gasteiger partial charge in [-0.1, -0.05) is 57.0 Å². The predicted molar refractivity (Wildman–Crippen MR) is 96.0 cm³/mol. The van der Waals surface area contributed by atoms with Crippen LogP contribution in [-0.4, -0.2) is 16.2 Å². The van der Waals surface area contributed by atoms with Gasteiger partial charge in [0.15, 0.2) is 0 Å². The van der Waals surface area contributed by atoms with E-state index in [9.17, 15) is 15.0 Å². The molecule has 0 fully saturated rings. The van der Waals surface area contributed by atoms with Crippen LogP contribution in [0, 0.1) is 6.92 Å². The Morgan fingerprint density at radius 1 is 1.25 bits per heavy atom. The molecule has 126 valence electrons. The lowest BCUT2D eigenvalue weighted by atomic mass is 9.69. The fourth-order valence-corrected chi connectivity index (χ4v) is 3.96. The maximum atomic E-state index is 11.7. The normalized spacial score (nSPS) is 14.8. The average Bonchev–Trinajstić information content (AvgIpc) is 2.45. The van der Waals surface area contributed by atoms with Gasteiger partial charge >= 0.3 is 5.97 Å². The highest BCUT2D eigenvalue weighted by atomic mass is 16.4. The third-order valence-corrected chi connectivity index (χ3v) is 5.00. The molecule has 0 spiro atoms. The fraction of sp³-hybridized carbons (Fsp3) is 0.381. The molecule has 24 heavy (non-hydrogen) atoms. The minimum absolute atomic E-state index is 0.0449. The number of aromatic hydroxyl groups is 1. The lowest BCUT2D eigenvalue weighted by Crippen LogP contribution is -2.26. The van der Waals surface area contributed by atoms with Crippen molar-refractivity contribution in [2.24, 2.45) is 0 Å². The quantitative estimate of drug-likeness (QED) is 0.848. The van der Waals surface area contributed by atoms with E-state index in [4.69, 9.17) is 0 Å². The van der Waals surface area contributed by atoms with Gasteiger partial charge in [0.25, 0.3) is 0 Å². The molecule has 1 aliphatic carbocycles. The molecule has 0 aromatic heterocycles. The van der Waals surface area contributed by atoms with Gasteiger partial charge in [0, 0.05) is 5.56 Å². The lowest BCUT2D eigenvalue weighted by molar-refractivity contribution is 0.0692. The van der Waals surface area contributed by atoms with Gasteiger partial charge in [0.2, 0.25) is 0 Å². The molecular formula is C21H24O3. The maximum absolute atomic E-state index is 11.7. The highest BCUT2D eigenvalue weighted by Gasteiger charge is 2.34. The van der Waals surface area contributed by atoms with Crippen molar-refractivity contribution in [2.75, 3.05) is 0 Å². The van der Waals surface area contributed by atoms with Crippen molar-refractivity contribution in [1.29, 1.82) is 0 Å². The fourth-order valence-electron chi connectivity index (χ4n) is 3.96. The molecule has 2 N–H and O–H groups in total. The average molecular weight is 324 g/mol. The Balaban J connectivity index is 2.37. The third kappa shape index (κ3) is 2.48. The molecular weight excluding hydrogens is 300 g/mol. The highest BCUT2D eigenvalue weighted by molar-refractivity contribution is 5.97. The number of carboxylic acid groups (broad SMARTS) is 1. The summed E-state index contributed by atoms with van der Waals surface area (Å²) in [6.07, 6.45) is 2.30. The largest absolute Gasteiger partial charge is 0.506 e. The van der Waals surface area contributed by atoms with Crippen LogP contribution >= 0.6 is 0 Å². The predicted octanol–water partition coefficient (Wildman–Crippen LogP) is 4.85. The van der Waals surface area contributed by atoms with Crippen LogP contribution in [0.1, 0.15) is 59.8 Å². The zero-order valence-electron chi connectivity index (χ0n) is 14.7. The van der Waals surface area contributed by atoms with E-state index in [0.29, 0.717) is 12.0 Å². The van der Waals surface area contributed by atoms with Crippen LogP contribution in [0.2, 0.25) is 0 Å². The van der Waals surface area contributed by atoms with Gasteiger partial charge in [-0.05, 0) is 47.4 Å². The van der Waals surface area contributed by atoms with Crippen molar-refractivity contribution in [1.82, 2.24) is 0 Å². The molecule has 0 aliphatic heterocycles. The molecule has 1 aliphatic rings. The Bertz CT molecular complexity index is 831. The molecule has 3 heteroatoms. The van der Waals surface area contributed by atoms with Crippen LogP contribution in [0.5, 0.6) is 5.75 Å². The smallest absolute Gasteiger partial charge is 0.339 e. The van der Waals surface area contributed by atoms with Crippen molar-refractivity contribution in [3.63, 3.8) is 0 Å². The van der Waals surface area contributed by atoms with Gasteiger partial charge in [0.05, 0.1) is 0 Å². The number of rotatable bonds is 3. The van der Waals surface area contributed by atoms with E-state index < -0.39 is 5.97 Å². The number of hydrogen-bond acceptors (Lipinski definition) is 2. The Labute approximate surface area is 143 Å². The zero-order chi connectivity index (χ0) is 17.6. The van der Waals surface area contributed by atoms with E-state index in [-0.39, 0.29) is 16.7 Å². The van der Waals surface area contributed by atoms with E-state index >= 15 is 0 Å². The van der Waals surface area contributed by atoms with E-state index in [1.165, 1.54) is 0 Å². The van der Waals surface area contributed by atoms with E-state index in [1.807, 2.05) is 19.9 Å². The van der Waals surface area contributed by atoms with Crippen molar-refractivity contribution in [2.45, 2.75) is 52.4 Å². The molecule has 0 unspecified atom stereocenters. The first kappa shape index (κ1) is 16.6. The van der Waals surface area contributed by atoms with Crippen molar-refractivity contribution < 1.29 is 15.0 Å². The first-order valence-electron chi connectivity index (χ1n) is 8.48. The zero-order valence-corrected chi connectivity index (χ0v) is 14.7. The summed E-state index contributed by atoms with van der Waals surface area (Å²) in [5, 5.41) is 20.5. The first-order chi connectivity index (χ1) is 11.3. The molecule has 0 bridgehead atoms. The number of carbonyl (C=O) groups is 1. The number of fused-ring (bicyclic) bond motifs is 3. The Morgan fingerprint density at radius 3 is 2.58 bits per heavy atom. The molecule has 0 atom stereocenters. The number of aryl methyl sites for hydroxylation is 2. The molecule has 0 saturated carbocycles. The van der Waals surface area contributed by atoms with Gasteiger partial charge in [-0.25, -0.2) is 4.79 Å². The SMILES string of the molecule is CCCc1cc2c(c(O)c1C(=O)O)-c1cc(C)ccc1C(C)(C)C2. The minimum Gasteiger partial charge on any atom is -0.506 e. The summed E-state index contributed by atoms with van der Waals surface area (Å²) < 4.78 is 0. The second kappa shape index (κ2) is 5.66. The molecule has 0 saturated heterocycles. The van der Waals surface area contributed by atoms with Crippen LogP contribution in [0.25, 0.3) is 11.1 Å². The number of carboxylic acids is 1. The molecule has 2 aromatic rings. The second-order valence-electron chi connectivity index (χ2n) is 7.46. The van der Waals surface area contributed by atoms with Crippen LogP contribution in [0.3, 0.4) is 0 Å². The molecule has 0 radical (unpaired) electrons. The summed E-state index contributed by atoms with van der Waals surface area (Å²) >= 11 is 0. The summed E-state index contributed by atoms with van der Waals surface area (Å²) in [5.74, 6) is -1.14. The van der Waals surface area contributed by atoms with Crippen LogP contribution < -0.4 is 0 Å². The van der Waals surface area contributed by atoms with E-state index in [2.05, 4.69) is 32.0 Å². The molecule has 2 aromatic carbocycles. The first-order valence-corrected chi connectivity index (χ1v) is 8.48. The Kier molecular flexibility index (Phi) is 3.90. The topological polar surface area (TPSA) is 57.5 Å². The van der Waals surface area contributed by atoms with Crippen molar-refractivity contribution >= 4 is 5.97 Å². The summed E-state index contributed by atoms with van der Waals surface area (Å²) in [7, 11) is 0. The van der Waals surface area contributed by atoms with Crippen LogP contribution in [-0.2, 0) is 18.3 Å². The number of phenols is 1. The summed E-state index contributed by atoms with van der Waals surface area (Å²) in [5.41, 5.74) is 5.72. The van der Waals surface area contributed by atoms with Gasteiger partial charge in [0.1, 0.15) is 11.3 Å². The van der Waals surface area contributed by atoms with Gasteiger partial charge in [-0.2, -0.15) is 0 Å². The third-order valence-electron chi connectivity index (χ3n) is 5.00. The summed E-state index contributed by atoms with van der Waals surface area (Å²) in [4.78, 5) is 11.7. The molecule has 3 nitrogen and oxygen atoms in total. The Morgan fingerprint density at radius 2 is 1.96 bits per heavy atom. The summed E-state index contributed by atoms with van der Waals surface area (Å²) in [6, 6.07) is 8.23. The lowest BCUT2D eigenvalue weighted by Gasteiger charge is -2.35. The molecule has 3 rings (SSSR count). The van der Waals surface area contributed by atoms with Gasteiger partial charge < -0.3 is 10.2 Å². The second-order valence-corrected chi connectivity index (χ2v) is 7.46.